The molecule has 4 rings (SSSR count). The summed E-state index contributed by atoms with van der Waals surface area (Å²) in [5.41, 5.74) is 15.5. The summed E-state index contributed by atoms with van der Waals surface area (Å²) in [6, 6.07) is 9.18. The number of anilines is 3. The fraction of sp³-hybridized carbons (Fsp3) is 0.263. The van der Waals surface area contributed by atoms with E-state index in [4.69, 9.17) is 11.5 Å². The molecule has 0 aliphatic heterocycles. The van der Waals surface area contributed by atoms with E-state index >= 15 is 0 Å². The highest BCUT2D eigenvalue weighted by atomic mass is 32.1. The predicted molar refractivity (Wildman–Crippen MR) is 110 cm³/mol. The number of carbonyl (C=O) groups excluding carboxylic acids is 1. The Kier molecular flexibility index (Phi) is 4.81. The Hall–Kier alpha value is -3.22. The Morgan fingerprint density at radius 1 is 1.36 bits per heavy atom. The first-order valence-electron chi connectivity index (χ1n) is 8.90. The van der Waals surface area contributed by atoms with Crippen molar-refractivity contribution in [2.45, 2.75) is 18.9 Å². The lowest BCUT2D eigenvalue weighted by molar-refractivity contribution is 0.100. The van der Waals surface area contributed by atoms with Crippen LogP contribution in [0.4, 0.5) is 17.3 Å². The van der Waals surface area contributed by atoms with Crippen LogP contribution in [0.15, 0.2) is 29.8 Å². The van der Waals surface area contributed by atoms with Crippen LogP contribution < -0.4 is 22.1 Å². The Morgan fingerprint density at radius 3 is 2.89 bits per heavy atom. The Labute approximate surface area is 165 Å². The van der Waals surface area contributed by atoms with Crippen molar-refractivity contribution < 1.29 is 4.79 Å². The molecule has 1 aromatic carbocycles. The zero-order valence-corrected chi connectivity index (χ0v) is 15.8. The third kappa shape index (κ3) is 3.74. The minimum Gasteiger partial charge on any atom is -0.367 e. The molecular weight excluding hydrogens is 374 g/mol. The second kappa shape index (κ2) is 7.42. The minimum atomic E-state index is -0.661. The molecule has 0 unspecified atom stereocenters. The molecule has 1 aliphatic rings. The number of fused-ring (bicyclic) bond motifs is 1. The van der Waals surface area contributed by atoms with Crippen LogP contribution in [0.2, 0.25) is 0 Å². The summed E-state index contributed by atoms with van der Waals surface area (Å²) in [6.45, 7) is 0.508. The average molecular weight is 393 g/mol. The molecule has 6 N–H and O–H groups in total. The summed E-state index contributed by atoms with van der Waals surface area (Å²) in [6.07, 6.45) is 2.27. The van der Waals surface area contributed by atoms with Gasteiger partial charge in [0.15, 0.2) is 0 Å². The molecule has 1 saturated carbocycles. The Balaban J connectivity index is 1.65. The predicted octanol–water partition coefficient (Wildman–Crippen LogP) is 2.55. The monoisotopic (exact) mass is 393 g/mol. The van der Waals surface area contributed by atoms with Crippen LogP contribution in [0.5, 0.6) is 0 Å². The number of nitrogens with two attached hydrogens (primary N) is 2. The number of thiazole rings is 1. The number of amides is 1. The molecule has 1 atom stereocenters. The van der Waals surface area contributed by atoms with Gasteiger partial charge in [0.2, 0.25) is 0 Å². The first-order chi connectivity index (χ1) is 13.5. The van der Waals surface area contributed by atoms with Crippen molar-refractivity contribution in [2.24, 2.45) is 17.4 Å². The highest BCUT2D eigenvalue weighted by molar-refractivity contribution is 7.16. The zero-order chi connectivity index (χ0) is 19.7. The summed E-state index contributed by atoms with van der Waals surface area (Å²) < 4.78 is 1.01. The molecular formula is C19H19N7OS. The van der Waals surface area contributed by atoms with Gasteiger partial charge in [-0.05, 0) is 43.0 Å². The van der Waals surface area contributed by atoms with Crippen molar-refractivity contribution in [3.05, 3.63) is 40.9 Å². The number of hydrogen-bond donors (Lipinski definition) is 4. The molecule has 8 nitrogen and oxygen atoms in total. The quantitative estimate of drug-likeness (QED) is 0.483. The number of aromatic nitrogens is 2. The van der Waals surface area contributed by atoms with Gasteiger partial charge in [-0.1, -0.05) is 0 Å². The van der Waals surface area contributed by atoms with E-state index < -0.39 is 5.91 Å². The molecule has 1 amide bonds. The molecule has 142 valence electrons. The molecule has 0 radical (unpaired) electrons. The highest BCUT2D eigenvalue weighted by Crippen LogP contribution is 2.32. The minimum absolute atomic E-state index is 0.00862. The summed E-state index contributed by atoms with van der Waals surface area (Å²) in [5, 5.41) is 15.7. The van der Waals surface area contributed by atoms with Gasteiger partial charge in [-0.3, -0.25) is 4.79 Å². The summed E-state index contributed by atoms with van der Waals surface area (Å²) in [7, 11) is 0. The Morgan fingerprint density at radius 2 is 2.18 bits per heavy atom. The summed E-state index contributed by atoms with van der Waals surface area (Å²) >= 11 is 1.52. The van der Waals surface area contributed by atoms with Crippen LogP contribution in [-0.4, -0.2) is 28.5 Å². The van der Waals surface area contributed by atoms with Crippen LogP contribution in [0, 0.1) is 17.2 Å². The molecule has 2 aromatic heterocycles. The molecule has 2 heterocycles. The smallest absolute Gasteiger partial charge is 0.252 e. The van der Waals surface area contributed by atoms with Crippen molar-refractivity contribution in [3.63, 3.8) is 0 Å². The van der Waals surface area contributed by atoms with E-state index in [0.717, 1.165) is 28.7 Å². The number of nitrogens with one attached hydrogen (secondary N) is 2. The number of nitrogens with zero attached hydrogens (tertiary/aromatic N) is 3. The maximum Gasteiger partial charge on any atom is 0.252 e. The van der Waals surface area contributed by atoms with Crippen molar-refractivity contribution >= 4 is 44.8 Å². The molecule has 28 heavy (non-hydrogen) atoms. The molecule has 3 aromatic rings. The number of nitriles is 1. The van der Waals surface area contributed by atoms with Crippen molar-refractivity contribution in [3.8, 4) is 6.07 Å². The van der Waals surface area contributed by atoms with Gasteiger partial charge in [0, 0.05) is 18.3 Å². The molecule has 9 heteroatoms. The fourth-order valence-corrected chi connectivity index (χ4v) is 3.71. The largest absolute Gasteiger partial charge is 0.367 e. The van der Waals surface area contributed by atoms with E-state index in [9.17, 15) is 10.1 Å². The Bertz CT molecular complexity index is 1080. The number of benzene rings is 1. The normalized spacial score (nSPS) is 14.4. The molecule has 0 spiro atoms. The molecule has 1 aliphatic carbocycles. The number of rotatable bonds is 7. The van der Waals surface area contributed by atoms with Crippen molar-refractivity contribution in [1.29, 1.82) is 5.26 Å². The van der Waals surface area contributed by atoms with Crippen LogP contribution in [0.3, 0.4) is 0 Å². The van der Waals surface area contributed by atoms with Gasteiger partial charge >= 0.3 is 0 Å². The van der Waals surface area contributed by atoms with Crippen LogP contribution in [-0.2, 0) is 0 Å². The van der Waals surface area contributed by atoms with Crippen molar-refractivity contribution in [1.82, 2.24) is 9.97 Å². The second-order valence-electron chi connectivity index (χ2n) is 6.80. The average Bonchev–Trinajstić information content (AvgIpc) is 3.44. The molecule has 1 fully saturated rings. The standard InChI is InChI=1S/C19H19N7OS/c20-7-11-5-13(17(22)27)19(26-18(11)23-8-14(21)10-1-2-10)25-12-3-4-15-16(6-12)28-9-24-15/h3-6,9-10,14H,1-2,8,21H2,(H2,22,27)(H2,23,25,26)/t14-/m1/s1. The maximum atomic E-state index is 11.9. The maximum absolute atomic E-state index is 11.9. The van der Waals surface area contributed by atoms with Gasteiger partial charge in [0.05, 0.1) is 26.9 Å². The lowest BCUT2D eigenvalue weighted by Crippen LogP contribution is -2.31. The van der Waals surface area contributed by atoms with Gasteiger partial charge in [-0.15, -0.1) is 11.3 Å². The SMILES string of the molecule is N#Cc1cc(C(N)=O)c(Nc2ccc3ncsc3c2)nc1NC[C@@H](N)C1CC1. The number of pyridine rings is 1. The molecule has 0 saturated heterocycles. The van der Waals surface area contributed by atoms with E-state index in [2.05, 4.69) is 26.7 Å². The van der Waals surface area contributed by atoms with Crippen LogP contribution >= 0.6 is 11.3 Å². The van der Waals surface area contributed by atoms with Gasteiger partial charge in [0.25, 0.3) is 5.91 Å². The van der Waals surface area contributed by atoms with Crippen LogP contribution in [0.25, 0.3) is 10.2 Å². The third-order valence-corrected chi connectivity index (χ3v) is 5.53. The molecule has 0 bridgehead atoms. The van der Waals surface area contributed by atoms with E-state index in [1.807, 2.05) is 18.2 Å². The highest BCUT2D eigenvalue weighted by Gasteiger charge is 2.28. The summed E-state index contributed by atoms with van der Waals surface area (Å²) in [5.74, 6) is 0.529. The number of hydrogen-bond acceptors (Lipinski definition) is 8. The van der Waals surface area contributed by atoms with E-state index in [1.165, 1.54) is 17.4 Å². The van der Waals surface area contributed by atoms with E-state index in [-0.39, 0.29) is 23.0 Å². The second-order valence-corrected chi connectivity index (χ2v) is 7.69. The third-order valence-electron chi connectivity index (χ3n) is 4.74. The van der Waals surface area contributed by atoms with Gasteiger partial charge < -0.3 is 22.1 Å². The van der Waals surface area contributed by atoms with Gasteiger partial charge in [0.1, 0.15) is 17.7 Å². The first kappa shape index (κ1) is 18.2. The summed E-state index contributed by atoms with van der Waals surface area (Å²) in [4.78, 5) is 20.6. The van der Waals surface area contributed by atoms with Gasteiger partial charge in [-0.25, -0.2) is 9.97 Å². The number of carbonyl (C=O) groups is 1. The van der Waals surface area contributed by atoms with Crippen LogP contribution in [0.1, 0.15) is 28.8 Å². The van der Waals surface area contributed by atoms with E-state index in [0.29, 0.717) is 18.3 Å². The zero-order valence-electron chi connectivity index (χ0n) is 15.0. The van der Waals surface area contributed by atoms with Gasteiger partial charge in [-0.2, -0.15) is 5.26 Å². The lowest BCUT2D eigenvalue weighted by Gasteiger charge is -2.16. The number of primary amides is 1. The topological polar surface area (TPSA) is 143 Å². The van der Waals surface area contributed by atoms with Crippen molar-refractivity contribution in [2.75, 3.05) is 17.2 Å². The fourth-order valence-electron chi connectivity index (χ4n) is 2.99. The lowest BCUT2D eigenvalue weighted by atomic mass is 10.1. The van der Waals surface area contributed by atoms with E-state index in [1.54, 1.807) is 5.51 Å². The first-order valence-corrected chi connectivity index (χ1v) is 9.78.